The van der Waals surface area contributed by atoms with Crippen LogP contribution in [0.4, 0.5) is 0 Å². The Kier molecular flexibility index (Phi) is 4.45. The molecule has 2 aromatic rings. The monoisotopic (exact) mass is 330 g/mol. The van der Waals surface area contributed by atoms with Gasteiger partial charge in [-0.1, -0.05) is 5.21 Å². The quantitative estimate of drug-likeness (QED) is 0.786. The standard InChI is InChI=1S/C10H11BrN4O2S/c11-9-2-1-7(18-9)5-12-3-4-15-6-8(10(16)17)13-14-15/h1-2,6,12H,3-5H2,(H,16,17). The average Bonchev–Trinajstić information content (AvgIpc) is 2.93. The van der Waals surface area contributed by atoms with E-state index in [1.807, 2.05) is 6.07 Å². The molecule has 0 spiro atoms. The van der Waals surface area contributed by atoms with Crippen LogP contribution in [0.25, 0.3) is 0 Å². The number of aromatic nitrogens is 3. The lowest BCUT2D eigenvalue weighted by atomic mass is 10.4. The third-order valence-corrected chi connectivity index (χ3v) is 3.83. The van der Waals surface area contributed by atoms with Crippen molar-refractivity contribution in [1.29, 1.82) is 0 Å². The Morgan fingerprint density at radius 1 is 1.56 bits per heavy atom. The lowest BCUT2D eigenvalue weighted by molar-refractivity contribution is 0.0690. The van der Waals surface area contributed by atoms with E-state index in [0.29, 0.717) is 13.1 Å². The molecule has 18 heavy (non-hydrogen) atoms. The molecule has 0 saturated carbocycles. The van der Waals surface area contributed by atoms with Crippen LogP contribution in [0.15, 0.2) is 22.1 Å². The van der Waals surface area contributed by atoms with Crippen molar-refractivity contribution in [2.45, 2.75) is 13.1 Å². The highest BCUT2D eigenvalue weighted by atomic mass is 79.9. The summed E-state index contributed by atoms with van der Waals surface area (Å²) in [4.78, 5) is 11.8. The number of nitrogens with one attached hydrogen (secondary N) is 1. The Labute approximate surface area is 116 Å². The lowest BCUT2D eigenvalue weighted by Gasteiger charge is -2.02. The Bertz CT molecular complexity index is 539. The maximum atomic E-state index is 10.6. The van der Waals surface area contributed by atoms with Crippen LogP contribution in [0.5, 0.6) is 0 Å². The number of aromatic carboxylic acids is 1. The lowest BCUT2D eigenvalue weighted by Crippen LogP contribution is -2.19. The summed E-state index contributed by atoms with van der Waals surface area (Å²) in [5.74, 6) is -1.06. The molecule has 0 amide bonds. The number of hydrogen-bond acceptors (Lipinski definition) is 5. The van der Waals surface area contributed by atoms with Crippen LogP contribution in [0, 0.1) is 0 Å². The number of hydrogen-bond donors (Lipinski definition) is 2. The van der Waals surface area contributed by atoms with Gasteiger partial charge in [-0.2, -0.15) is 0 Å². The van der Waals surface area contributed by atoms with E-state index < -0.39 is 5.97 Å². The Morgan fingerprint density at radius 2 is 2.39 bits per heavy atom. The van der Waals surface area contributed by atoms with Gasteiger partial charge in [-0.05, 0) is 28.1 Å². The van der Waals surface area contributed by atoms with E-state index in [1.165, 1.54) is 15.8 Å². The molecule has 2 aromatic heterocycles. The summed E-state index contributed by atoms with van der Waals surface area (Å²) < 4.78 is 2.63. The van der Waals surface area contributed by atoms with E-state index in [-0.39, 0.29) is 5.69 Å². The third-order valence-electron chi connectivity index (χ3n) is 2.20. The molecule has 0 aromatic carbocycles. The number of thiophene rings is 1. The highest BCUT2D eigenvalue weighted by Crippen LogP contribution is 2.21. The third kappa shape index (κ3) is 3.62. The number of halogens is 1. The molecular formula is C10H11BrN4O2S. The Morgan fingerprint density at radius 3 is 3.00 bits per heavy atom. The molecule has 2 heterocycles. The van der Waals surface area contributed by atoms with Crippen molar-refractivity contribution < 1.29 is 9.90 Å². The summed E-state index contributed by atoms with van der Waals surface area (Å²) in [6.07, 6.45) is 1.42. The van der Waals surface area contributed by atoms with Gasteiger partial charge in [-0.3, -0.25) is 4.68 Å². The predicted molar refractivity (Wildman–Crippen MR) is 70.7 cm³/mol. The van der Waals surface area contributed by atoms with Crippen LogP contribution >= 0.6 is 27.3 Å². The predicted octanol–water partition coefficient (Wildman–Crippen LogP) is 1.59. The van der Waals surface area contributed by atoms with Crippen molar-refractivity contribution in [1.82, 2.24) is 20.3 Å². The van der Waals surface area contributed by atoms with Gasteiger partial charge in [0.1, 0.15) is 0 Å². The second-order valence-electron chi connectivity index (χ2n) is 3.55. The van der Waals surface area contributed by atoms with Crippen LogP contribution in [0.1, 0.15) is 15.4 Å². The minimum atomic E-state index is -1.06. The Balaban J connectivity index is 1.73. The van der Waals surface area contributed by atoms with Crippen molar-refractivity contribution in [3.8, 4) is 0 Å². The molecule has 6 nitrogen and oxygen atoms in total. The van der Waals surface area contributed by atoms with Gasteiger partial charge >= 0.3 is 5.97 Å². The number of carboxylic acid groups (broad SMARTS) is 1. The van der Waals surface area contributed by atoms with Gasteiger partial charge in [0.15, 0.2) is 5.69 Å². The van der Waals surface area contributed by atoms with Gasteiger partial charge in [-0.15, -0.1) is 16.4 Å². The van der Waals surface area contributed by atoms with Crippen LogP contribution in [0.3, 0.4) is 0 Å². The smallest absolute Gasteiger partial charge is 0.358 e. The number of nitrogens with zero attached hydrogens (tertiary/aromatic N) is 3. The average molecular weight is 331 g/mol. The van der Waals surface area contributed by atoms with Crippen LogP contribution in [-0.4, -0.2) is 32.6 Å². The first-order chi connectivity index (χ1) is 8.65. The summed E-state index contributed by atoms with van der Waals surface area (Å²) in [7, 11) is 0. The molecule has 0 radical (unpaired) electrons. The zero-order valence-electron chi connectivity index (χ0n) is 9.34. The van der Waals surface area contributed by atoms with Crippen molar-refractivity contribution in [3.05, 3.63) is 32.7 Å². The summed E-state index contributed by atoms with van der Waals surface area (Å²) >= 11 is 5.09. The van der Waals surface area contributed by atoms with Gasteiger partial charge in [0, 0.05) is 18.0 Å². The maximum absolute atomic E-state index is 10.6. The van der Waals surface area contributed by atoms with Crippen molar-refractivity contribution in [2.24, 2.45) is 0 Å². The van der Waals surface area contributed by atoms with E-state index in [0.717, 1.165) is 10.3 Å². The number of rotatable bonds is 6. The topological polar surface area (TPSA) is 80.0 Å². The fourth-order valence-corrected chi connectivity index (χ4v) is 2.81. The molecule has 0 saturated heterocycles. The fourth-order valence-electron chi connectivity index (χ4n) is 1.36. The van der Waals surface area contributed by atoms with Crippen molar-refractivity contribution >= 4 is 33.2 Å². The van der Waals surface area contributed by atoms with Crippen LogP contribution in [-0.2, 0) is 13.1 Å². The first kappa shape index (κ1) is 13.2. The molecule has 2 N–H and O–H groups in total. The van der Waals surface area contributed by atoms with Crippen molar-refractivity contribution in [3.63, 3.8) is 0 Å². The van der Waals surface area contributed by atoms with Gasteiger partial charge in [0.2, 0.25) is 0 Å². The molecule has 96 valence electrons. The summed E-state index contributed by atoms with van der Waals surface area (Å²) in [5, 5.41) is 19.2. The molecule has 2 rings (SSSR count). The SMILES string of the molecule is O=C(O)c1cn(CCNCc2ccc(Br)s2)nn1. The summed E-state index contributed by atoms with van der Waals surface area (Å²) in [6.45, 7) is 2.08. The van der Waals surface area contributed by atoms with Gasteiger partial charge in [0.25, 0.3) is 0 Å². The molecule has 0 aliphatic heterocycles. The van der Waals surface area contributed by atoms with E-state index in [1.54, 1.807) is 11.3 Å². The van der Waals surface area contributed by atoms with Gasteiger partial charge in [-0.25, -0.2) is 4.79 Å². The second kappa shape index (κ2) is 6.07. The normalized spacial score (nSPS) is 10.7. The fraction of sp³-hybridized carbons (Fsp3) is 0.300. The molecule has 8 heteroatoms. The van der Waals surface area contributed by atoms with E-state index in [2.05, 4.69) is 37.6 Å². The zero-order valence-corrected chi connectivity index (χ0v) is 11.7. The number of carboxylic acids is 1. The molecule has 0 atom stereocenters. The van der Waals surface area contributed by atoms with Crippen LogP contribution in [0.2, 0.25) is 0 Å². The molecule has 0 unspecified atom stereocenters. The van der Waals surface area contributed by atoms with E-state index in [4.69, 9.17) is 5.11 Å². The first-order valence-corrected chi connectivity index (χ1v) is 6.84. The van der Waals surface area contributed by atoms with Gasteiger partial charge in [0.05, 0.1) is 16.5 Å². The minimum Gasteiger partial charge on any atom is -0.476 e. The number of carbonyl (C=O) groups is 1. The van der Waals surface area contributed by atoms with Crippen molar-refractivity contribution in [2.75, 3.05) is 6.54 Å². The van der Waals surface area contributed by atoms with E-state index >= 15 is 0 Å². The Hall–Kier alpha value is -1.25. The maximum Gasteiger partial charge on any atom is 0.358 e. The molecule has 0 aliphatic rings. The van der Waals surface area contributed by atoms with Gasteiger partial charge < -0.3 is 10.4 Å². The molecule has 0 aliphatic carbocycles. The zero-order chi connectivity index (χ0) is 13.0. The highest BCUT2D eigenvalue weighted by Gasteiger charge is 2.07. The second-order valence-corrected chi connectivity index (χ2v) is 6.10. The molecule has 0 bridgehead atoms. The summed E-state index contributed by atoms with van der Waals surface area (Å²) in [5.41, 5.74) is -0.0304. The van der Waals surface area contributed by atoms with E-state index in [9.17, 15) is 4.79 Å². The molecule has 0 fully saturated rings. The largest absolute Gasteiger partial charge is 0.476 e. The summed E-state index contributed by atoms with van der Waals surface area (Å²) in [6, 6.07) is 4.07. The first-order valence-electron chi connectivity index (χ1n) is 5.23. The minimum absolute atomic E-state index is 0.0304. The van der Waals surface area contributed by atoms with Crippen LogP contribution < -0.4 is 5.32 Å². The molecular weight excluding hydrogens is 320 g/mol. The highest BCUT2D eigenvalue weighted by molar-refractivity contribution is 9.11.